The predicted molar refractivity (Wildman–Crippen MR) is 74.9 cm³/mol. The first-order valence-corrected chi connectivity index (χ1v) is 6.76. The standard InChI is InChI=1S/C15H20N2O2/c1-3-17(13-6-4-5-11(2)9-13)15(19)12-7-8-16-14(18)10-12/h4-6,9,12H,3,7-8,10H2,1-2H3,(H,16,18). The molecule has 19 heavy (non-hydrogen) atoms. The minimum atomic E-state index is -0.186. The first-order valence-electron chi connectivity index (χ1n) is 6.76. The molecule has 1 fully saturated rings. The van der Waals surface area contributed by atoms with Crippen LogP contribution in [0.5, 0.6) is 0 Å². The Hall–Kier alpha value is -1.84. The van der Waals surface area contributed by atoms with Crippen LogP contribution >= 0.6 is 0 Å². The van der Waals surface area contributed by atoms with E-state index in [4.69, 9.17) is 0 Å². The summed E-state index contributed by atoms with van der Waals surface area (Å²) in [6, 6.07) is 7.91. The maximum Gasteiger partial charge on any atom is 0.230 e. The third kappa shape index (κ3) is 3.13. The van der Waals surface area contributed by atoms with E-state index in [0.29, 0.717) is 19.5 Å². The number of nitrogens with one attached hydrogen (secondary N) is 1. The van der Waals surface area contributed by atoms with Crippen LogP contribution in [-0.2, 0) is 9.59 Å². The summed E-state index contributed by atoms with van der Waals surface area (Å²) in [6.45, 7) is 5.19. The van der Waals surface area contributed by atoms with E-state index in [9.17, 15) is 9.59 Å². The first-order chi connectivity index (χ1) is 9.11. The van der Waals surface area contributed by atoms with Crippen molar-refractivity contribution in [1.29, 1.82) is 0 Å². The number of rotatable bonds is 3. The normalized spacial score (nSPS) is 18.8. The molecule has 4 heteroatoms. The van der Waals surface area contributed by atoms with E-state index in [1.165, 1.54) is 0 Å². The first kappa shape index (κ1) is 13.6. The average Bonchev–Trinajstić information content (AvgIpc) is 2.39. The molecule has 1 aliphatic heterocycles. The van der Waals surface area contributed by atoms with Crippen molar-refractivity contribution in [1.82, 2.24) is 5.32 Å². The third-order valence-corrected chi connectivity index (χ3v) is 3.49. The van der Waals surface area contributed by atoms with Crippen LogP contribution in [0.4, 0.5) is 5.69 Å². The van der Waals surface area contributed by atoms with E-state index in [1.54, 1.807) is 4.90 Å². The molecule has 1 atom stereocenters. The van der Waals surface area contributed by atoms with Gasteiger partial charge in [0.05, 0.1) is 0 Å². The minimum absolute atomic E-state index is 0.0232. The molecular weight excluding hydrogens is 240 g/mol. The lowest BCUT2D eigenvalue weighted by atomic mass is 9.95. The number of piperidine rings is 1. The monoisotopic (exact) mass is 260 g/mol. The fraction of sp³-hybridized carbons (Fsp3) is 0.467. The molecule has 1 saturated heterocycles. The summed E-state index contributed by atoms with van der Waals surface area (Å²) in [6.07, 6.45) is 1.04. The van der Waals surface area contributed by atoms with Gasteiger partial charge in [0.2, 0.25) is 11.8 Å². The molecule has 0 spiro atoms. The SMILES string of the molecule is CCN(C(=O)C1CCNC(=O)C1)c1cccc(C)c1. The van der Waals surface area contributed by atoms with E-state index in [2.05, 4.69) is 5.32 Å². The summed E-state index contributed by atoms with van der Waals surface area (Å²) in [5, 5.41) is 2.76. The Kier molecular flexibility index (Phi) is 4.20. The Balaban J connectivity index is 2.17. The lowest BCUT2D eigenvalue weighted by Crippen LogP contribution is -2.43. The molecule has 1 aromatic rings. The maximum absolute atomic E-state index is 12.5. The van der Waals surface area contributed by atoms with E-state index >= 15 is 0 Å². The Morgan fingerprint density at radius 3 is 2.89 bits per heavy atom. The number of carbonyl (C=O) groups excluding carboxylic acids is 2. The van der Waals surface area contributed by atoms with Gasteiger partial charge in [0, 0.05) is 31.1 Å². The lowest BCUT2D eigenvalue weighted by molar-refractivity contribution is -0.130. The molecule has 1 heterocycles. The number of anilines is 1. The Bertz CT molecular complexity index is 485. The number of amides is 2. The van der Waals surface area contributed by atoms with Crippen molar-refractivity contribution in [3.8, 4) is 0 Å². The van der Waals surface area contributed by atoms with Crippen LogP contribution in [0.2, 0.25) is 0 Å². The second kappa shape index (κ2) is 5.87. The highest BCUT2D eigenvalue weighted by molar-refractivity contribution is 5.97. The van der Waals surface area contributed by atoms with Crippen molar-refractivity contribution >= 4 is 17.5 Å². The van der Waals surface area contributed by atoms with Crippen LogP contribution < -0.4 is 10.2 Å². The fourth-order valence-electron chi connectivity index (χ4n) is 2.48. The van der Waals surface area contributed by atoms with E-state index in [1.807, 2.05) is 38.1 Å². The van der Waals surface area contributed by atoms with Crippen LogP contribution in [0.1, 0.15) is 25.3 Å². The molecular formula is C15H20N2O2. The van der Waals surface area contributed by atoms with Gasteiger partial charge in [-0.25, -0.2) is 0 Å². The topological polar surface area (TPSA) is 49.4 Å². The number of hydrogen-bond donors (Lipinski definition) is 1. The van der Waals surface area contributed by atoms with Crippen molar-refractivity contribution in [3.05, 3.63) is 29.8 Å². The molecule has 0 aromatic heterocycles. The molecule has 1 N–H and O–H groups in total. The van der Waals surface area contributed by atoms with Gasteiger partial charge in [-0.3, -0.25) is 9.59 Å². The Morgan fingerprint density at radius 2 is 2.26 bits per heavy atom. The molecule has 4 nitrogen and oxygen atoms in total. The van der Waals surface area contributed by atoms with Gasteiger partial charge in [0.1, 0.15) is 0 Å². The summed E-state index contributed by atoms with van der Waals surface area (Å²) < 4.78 is 0. The molecule has 102 valence electrons. The van der Waals surface area contributed by atoms with Crippen LogP contribution in [0.15, 0.2) is 24.3 Å². The van der Waals surface area contributed by atoms with Crippen LogP contribution in [0, 0.1) is 12.8 Å². The molecule has 1 aliphatic rings. The van der Waals surface area contributed by atoms with E-state index < -0.39 is 0 Å². The van der Waals surface area contributed by atoms with Gasteiger partial charge < -0.3 is 10.2 Å². The molecule has 1 aromatic carbocycles. The Morgan fingerprint density at radius 1 is 1.47 bits per heavy atom. The smallest absolute Gasteiger partial charge is 0.230 e. The number of hydrogen-bond acceptors (Lipinski definition) is 2. The molecule has 0 bridgehead atoms. The molecule has 2 amide bonds. The van der Waals surface area contributed by atoms with Gasteiger partial charge in [-0.1, -0.05) is 12.1 Å². The Labute approximate surface area is 113 Å². The van der Waals surface area contributed by atoms with Crippen LogP contribution in [0.25, 0.3) is 0 Å². The maximum atomic E-state index is 12.5. The largest absolute Gasteiger partial charge is 0.356 e. The zero-order chi connectivity index (χ0) is 13.8. The summed E-state index contributed by atoms with van der Waals surface area (Å²) in [7, 11) is 0. The highest BCUT2D eigenvalue weighted by Crippen LogP contribution is 2.22. The summed E-state index contributed by atoms with van der Waals surface area (Å²) in [4.78, 5) is 25.7. The second-order valence-corrected chi connectivity index (χ2v) is 4.96. The number of carbonyl (C=O) groups is 2. The molecule has 2 rings (SSSR count). The van der Waals surface area contributed by atoms with Crippen molar-refractivity contribution in [2.75, 3.05) is 18.0 Å². The van der Waals surface area contributed by atoms with Crippen molar-refractivity contribution in [3.63, 3.8) is 0 Å². The van der Waals surface area contributed by atoms with Gasteiger partial charge >= 0.3 is 0 Å². The lowest BCUT2D eigenvalue weighted by Gasteiger charge is -2.28. The number of nitrogens with zero attached hydrogens (tertiary/aromatic N) is 1. The quantitative estimate of drug-likeness (QED) is 0.902. The molecule has 0 aliphatic carbocycles. The van der Waals surface area contributed by atoms with Gasteiger partial charge in [-0.05, 0) is 38.0 Å². The number of benzene rings is 1. The highest BCUT2D eigenvalue weighted by Gasteiger charge is 2.29. The second-order valence-electron chi connectivity index (χ2n) is 4.96. The average molecular weight is 260 g/mol. The van der Waals surface area contributed by atoms with Gasteiger partial charge in [-0.2, -0.15) is 0 Å². The van der Waals surface area contributed by atoms with Gasteiger partial charge in [0.15, 0.2) is 0 Å². The van der Waals surface area contributed by atoms with Crippen LogP contribution in [-0.4, -0.2) is 24.9 Å². The molecule has 0 radical (unpaired) electrons. The van der Waals surface area contributed by atoms with Crippen LogP contribution in [0.3, 0.4) is 0 Å². The third-order valence-electron chi connectivity index (χ3n) is 3.49. The van der Waals surface area contributed by atoms with Crippen molar-refractivity contribution < 1.29 is 9.59 Å². The minimum Gasteiger partial charge on any atom is -0.356 e. The molecule has 0 saturated carbocycles. The fourth-order valence-corrected chi connectivity index (χ4v) is 2.48. The molecule has 1 unspecified atom stereocenters. The highest BCUT2D eigenvalue weighted by atomic mass is 16.2. The van der Waals surface area contributed by atoms with Gasteiger partial charge in [0.25, 0.3) is 0 Å². The van der Waals surface area contributed by atoms with Gasteiger partial charge in [-0.15, -0.1) is 0 Å². The zero-order valence-electron chi connectivity index (χ0n) is 11.5. The van der Waals surface area contributed by atoms with Crippen molar-refractivity contribution in [2.45, 2.75) is 26.7 Å². The van der Waals surface area contributed by atoms with E-state index in [-0.39, 0.29) is 17.7 Å². The van der Waals surface area contributed by atoms with E-state index in [0.717, 1.165) is 17.7 Å². The number of aryl methyl sites for hydroxylation is 1. The summed E-state index contributed by atoms with van der Waals surface area (Å²) in [5.41, 5.74) is 2.05. The summed E-state index contributed by atoms with van der Waals surface area (Å²) in [5.74, 6) is -0.151. The predicted octanol–water partition coefficient (Wildman–Crippen LogP) is 1.87. The summed E-state index contributed by atoms with van der Waals surface area (Å²) >= 11 is 0. The zero-order valence-corrected chi connectivity index (χ0v) is 11.5. The van der Waals surface area contributed by atoms with Crippen molar-refractivity contribution in [2.24, 2.45) is 5.92 Å².